The van der Waals surface area contributed by atoms with Crippen LogP contribution < -0.4 is 21.2 Å². The van der Waals surface area contributed by atoms with Crippen molar-refractivity contribution in [2.75, 3.05) is 23.4 Å². The standard InChI is InChI=1S/C28H27N7O4/c36-26(21-10-7-15-29-18-21)30-31-27(37)25-23(19-8-3-1-4-9-19)24(32-35(25)33-28(38)39)20-11-13-22(14-12-20)34-16-5-2-6-17-34/h1,3-4,7-15,18,33H,2,5-6,16-17H2,(H,30,36)(H,31,37)(H,38,39). The first-order valence-electron chi connectivity index (χ1n) is 12.6. The molecule has 3 amide bonds. The lowest BCUT2D eigenvalue weighted by atomic mass is 9.98. The molecule has 5 rings (SSSR count). The summed E-state index contributed by atoms with van der Waals surface area (Å²) in [5.74, 6) is -1.34. The van der Waals surface area contributed by atoms with Crippen LogP contribution in [0.1, 0.15) is 40.1 Å². The highest BCUT2D eigenvalue weighted by atomic mass is 16.4. The second-order valence-electron chi connectivity index (χ2n) is 9.01. The molecule has 0 radical (unpaired) electrons. The lowest BCUT2D eigenvalue weighted by Crippen LogP contribution is -2.43. The summed E-state index contributed by atoms with van der Waals surface area (Å²) in [5.41, 5.74) is 10.3. The van der Waals surface area contributed by atoms with E-state index in [0.717, 1.165) is 36.4 Å². The number of hydrazine groups is 1. The molecule has 2 aromatic heterocycles. The van der Waals surface area contributed by atoms with Gasteiger partial charge in [-0.15, -0.1) is 0 Å². The fraction of sp³-hybridized carbons (Fsp3) is 0.179. The van der Waals surface area contributed by atoms with E-state index in [4.69, 9.17) is 0 Å². The van der Waals surface area contributed by atoms with E-state index in [1.807, 2.05) is 42.5 Å². The van der Waals surface area contributed by atoms with Gasteiger partial charge in [0.1, 0.15) is 5.69 Å². The molecule has 3 heterocycles. The number of carboxylic acid groups (broad SMARTS) is 1. The van der Waals surface area contributed by atoms with Crippen LogP contribution in [0, 0.1) is 0 Å². The van der Waals surface area contributed by atoms with Gasteiger partial charge in [-0.1, -0.05) is 42.5 Å². The number of nitrogens with one attached hydrogen (secondary N) is 3. The number of nitrogens with zero attached hydrogens (tertiary/aromatic N) is 4. The fourth-order valence-corrected chi connectivity index (χ4v) is 4.60. The van der Waals surface area contributed by atoms with Crippen molar-refractivity contribution in [3.8, 4) is 22.4 Å². The van der Waals surface area contributed by atoms with Crippen LogP contribution in [0.15, 0.2) is 79.1 Å². The molecule has 198 valence electrons. The van der Waals surface area contributed by atoms with Crippen molar-refractivity contribution >= 4 is 23.6 Å². The zero-order valence-corrected chi connectivity index (χ0v) is 21.0. The Kier molecular flexibility index (Phi) is 7.48. The number of pyridine rings is 1. The third-order valence-corrected chi connectivity index (χ3v) is 6.44. The maximum absolute atomic E-state index is 13.4. The summed E-state index contributed by atoms with van der Waals surface area (Å²) in [4.78, 5) is 44.7. The van der Waals surface area contributed by atoms with E-state index >= 15 is 0 Å². The third-order valence-electron chi connectivity index (χ3n) is 6.44. The molecule has 0 atom stereocenters. The molecule has 2 aromatic carbocycles. The first kappa shape index (κ1) is 25.5. The summed E-state index contributed by atoms with van der Waals surface area (Å²) >= 11 is 0. The fourth-order valence-electron chi connectivity index (χ4n) is 4.60. The van der Waals surface area contributed by atoms with E-state index in [1.54, 1.807) is 24.3 Å². The lowest BCUT2D eigenvalue weighted by Gasteiger charge is -2.28. The van der Waals surface area contributed by atoms with E-state index in [1.165, 1.54) is 18.8 Å². The van der Waals surface area contributed by atoms with Crippen LogP contribution in [0.25, 0.3) is 22.4 Å². The van der Waals surface area contributed by atoms with Gasteiger partial charge in [0.2, 0.25) is 0 Å². The molecule has 1 saturated heterocycles. The highest BCUT2D eigenvalue weighted by Gasteiger charge is 2.27. The molecular formula is C28H27N7O4. The Morgan fingerprint density at radius 3 is 2.18 bits per heavy atom. The monoisotopic (exact) mass is 525 g/mol. The van der Waals surface area contributed by atoms with Gasteiger partial charge in [-0.3, -0.25) is 25.4 Å². The van der Waals surface area contributed by atoms with Gasteiger partial charge in [0.15, 0.2) is 5.69 Å². The molecule has 0 bridgehead atoms. The molecule has 0 saturated carbocycles. The highest BCUT2D eigenvalue weighted by molar-refractivity contribution is 6.05. The molecule has 1 aliphatic rings. The molecule has 4 aromatic rings. The van der Waals surface area contributed by atoms with Crippen LogP contribution in [-0.2, 0) is 0 Å². The Labute approximate surface area is 224 Å². The number of hydrogen-bond donors (Lipinski definition) is 4. The average Bonchev–Trinajstić information content (AvgIpc) is 3.35. The van der Waals surface area contributed by atoms with Crippen molar-refractivity contribution in [2.45, 2.75) is 19.3 Å². The lowest BCUT2D eigenvalue weighted by molar-refractivity contribution is 0.0841. The Balaban J connectivity index is 1.53. The van der Waals surface area contributed by atoms with Crippen LogP contribution in [0.3, 0.4) is 0 Å². The maximum Gasteiger partial charge on any atom is 0.425 e. The van der Waals surface area contributed by atoms with Gasteiger partial charge in [0.05, 0.1) is 5.56 Å². The number of aromatic nitrogens is 3. The normalized spacial score (nSPS) is 13.0. The molecule has 11 heteroatoms. The largest absolute Gasteiger partial charge is 0.464 e. The van der Waals surface area contributed by atoms with Gasteiger partial charge >= 0.3 is 6.09 Å². The van der Waals surface area contributed by atoms with Crippen molar-refractivity contribution < 1.29 is 19.5 Å². The molecule has 1 fully saturated rings. The second kappa shape index (κ2) is 11.5. The smallest absolute Gasteiger partial charge is 0.425 e. The number of carbonyl (C=O) groups excluding carboxylic acids is 2. The number of rotatable bonds is 6. The molecule has 0 spiro atoms. The highest BCUT2D eigenvalue weighted by Crippen LogP contribution is 2.35. The summed E-state index contributed by atoms with van der Waals surface area (Å²) in [5, 5.41) is 13.9. The molecule has 11 nitrogen and oxygen atoms in total. The van der Waals surface area contributed by atoms with Gasteiger partial charge in [0, 0.05) is 42.3 Å². The Hall–Kier alpha value is -5.19. The molecule has 0 unspecified atom stereocenters. The van der Waals surface area contributed by atoms with E-state index in [9.17, 15) is 19.5 Å². The average molecular weight is 526 g/mol. The summed E-state index contributed by atoms with van der Waals surface area (Å²) in [6, 6.07) is 20.1. The van der Waals surface area contributed by atoms with Crippen molar-refractivity contribution in [1.29, 1.82) is 0 Å². The Morgan fingerprint density at radius 1 is 0.795 bits per heavy atom. The minimum atomic E-state index is -1.41. The van der Waals surface area contributed by atoms with Crippen LogP contribution in [0.5, 0.6) is 0 Å². The first-order valence-corrected chi connectivity index (χ1v) is 12.6. The topological polar surface area (TPSA) is 141 Å². The van der Waals surface area contributed by atoms with Crippen molar-refractivity contribution in [1.82, 2.24) is 25.7 Å². The summed E-state index contributed by atoms with van der Waals surface area (Å²) in [6.45, 7) is 2.00. The second-order valence-corrected chi connectivity index (χ2v) is 9.01. The number of anilines is 1. The predicted molar refractivity (Wildman–Crippen MR) is 146 cm³/mol. The first-order chi connectivity index (χ1) is 19.0. The van der Waals surface area contributed by atoms with Gasteiger partial charge in [-0.25, -0.2) is 10.2 Å². The SMILES string of the molecule is O=C(O)Nn1nc(-c2ccc(N3CCCCC3)cc2)c(-c2ccccc2)c1C(=O)NNC(=O)c1cccnc1. The minimum Gasteiger partial charge on any atom is -0.464 e. The zero-order chi connectivity index (χ0) is 27.2. The van der Waals surface area contributed by atoms with Crippen LogP contribution >= 0.6 is 0 Å². The van der Waals surface area contributed by atoms with E-state index in [2.05, 4.69) is 31.3 Å². The maximum atomic E-state index is 13.4. The van der Waals surface area contributed by atoms with Crippen LogP contribution in [0.4, 0.5) is 10.5 Å². The Bertz CT molecular complexity index is 1470. The summed E-state index contributed by atoms with van der Waals surface area (Å²) in [6.07, 6.45) is 5.02. The molecule has 1 aliphatic heterocycles. The number of piperidine rings is 1. The molecule has 0 aliphatic carbocycles. The summed E-state index contributed by atoms with van der Waals surface area (Å²) < 4.78 is 0. The van der Waals surface area contributed by atoms with Gasteiger partial charge < -0.3 is 10.0 Å². The van der Waals surface area contributed by atoms with Crippen molar-refractivity contribution in [3.05, 3.63) is 90.4 Å². The van der Waals surface area contributed by atoms with Crippen molar-refractivity contribution in [2.24, 2.45) is 0 Å². The minimum absolute atomic E-state index is 0.0924. The summed E-state index contributed by atoms with van der Waals surface area (Å²) in [7, 11) is 0. The predicted octanol–water partition coefficient (Wildman–Crippen LogP) is 3.90. The van der Waals surface area contributed by atoms with E-state index < -0.39 is 17.9 Å². The molecule has 4 N–H and O–H groups in total. The quantitative estimate of drug-likeness (QED) is 0.280. The van der Waals surface area contributed by atoms with E-state index in [-0.39, 0.29) is 11.3 Å². The van der Waals surface area contributed by atoms with Crippen LogP contribution in [0.2, 0.25) is 0 Å². The van der Waals surface area contributed by atoms with Gasteiger partial charge in [0.25, 0.3) is 11.8 Å². The number of carbonyl (C=O) groups is 3. The number of hydrogen-bond acceptors (Lipinski definition) is 6. The number of amides is 3. The van der Waals surface area contributed by atoms with E-state index in [0.29, 0.717) is 22.4 Å². The zero-order valence-electron chi connectivity index (χ0n) is 21.0. The van der Waals surface area contributed by atoms with Gasteiger partial charge in [-0.05, 0) is 49.1 Å². The van der Waals surface area contributed by atoms with Gasteiger partial charge in [-0.2, -0.15) is 9.89 Å². The number of benzene rings is 2. The molecule has 39 heavy (non-hydrogen) atoms. The molecular weight excluding hydrogens is 498 g/mol. The Morgan fingerprint density at radius 2 is 1.51 bits per heavy atom. The third kappa shape index (κ3) is 5.72. The van der Waals surface area contributed by atoms with Crippen molar-refractivity contribution in [3.63, 3.8) is 0 Å². The van der Waals surface area contributed by atoms with Crippen LogP contribution in [-0.4, -0.2) is 51.0 Å².